The van der Waals surface area contributed by atoms with Crippen LogP contribution in [0.1, 0.15) is 18.1 Å². The molecular weight excluding hydrogens is 306 g/mol. The molecule has 1 aliphatic heterocycles. The summed E-state index contributed by atoms with van der Waals surface area (Å²) in [6, 6.07) is 19.8. The van der Waals surface area contributed by atoms with E-state index in [0.717, 1.165) is 16.8 Å². The maximum atomic E-state index is 12.0. The molecule has 0 spiro atoms. The number of nitrogens with zero attached hydrogens (tertiary/aromatic N) is 2. The summed E-state index contributed by atoms with van der Waals surface area (Å²) in [6.07, 6.45) is 0.692. The molecule has 1 aliphatic rings. The number of rotatable bonds is 4. The van der Waals surface area contributed by atoms with E-state index in [2.05, 4.69) is 15.5 Å². The van der Waals surface area contributed by atoms with E-state index in [1.807, 2.05) is 67.6 Å². The van der Waals surface area contributed by atoms with Crippen molar-refractivity contribution >= 4 is 28.5 Å². The Morgan fingerprint density at radius 3 is 2.43 bits per heavy atom. The summed E-state index contributed by atoms with van der Waals surface area (Å²) in [6.45, 7) is 1.91. The molecule has 0 aliphatic carbocycles. The number of nitrogens with one attached hydrogen (secondary N) is 1. The first-order valence-electron chi connectivity index (χ1n) is 7.41. The van der Waals surface area contributed by atoms with Crippen molar-refractivity contribution < 1.29 is 4.79 Å². The molecule has 2 aromatic rings. The number of amidine groups is 1. The minimum absolute atomic E-state index is 0.00910. The largest absolute Gasteiger partial charge is 0.303 e. The van der Waals surface area contributed by atoms with Crippen LogP contribution in [-0.2, 0) is 11.2 Å². The van der Waals surface area contributed by atoms with Crippen LogP contribution in [0.2, 0.25) is 0 Å². The second-order valence-electron chi connectivity index (χ2n) is 5.24. The van der Waals surface area contributed by atoms with E-state index in [4.69, 9.17) is 0 Å². The number of carbonyl (C=O) groups is 1. The molecule has 1 heterocycles. The van der Waals surface area contributed by atoms with Crippen LogP contribution in [0.5, 0.6) is 0 Å². The number of hydrogen-bond donors (Lipinski definition) is 1. The van der Waals surface area contributed by atoms with Crippen molar-refractivity contribution in [3.8, 4) is 0 Å². The van der Waals surface area contributed by atoms with Crippen molar-refractivity contribution in [2.24, 2.45) is 10.2 Å². The van der Waals surface area contributed by atoms with E-state index in [9.17, 15) is 4.79 Å². The average Bonchev–Trinajstić information content (AvgIpc) is 2.94. The highest BCUT2D eigenvalue weighted by molar-refractivity contribution is 8.15. The molecule has 0 aromatic heterocycles. The van der Waals surface area contributed by atoms with E-state index in [1.54, 1.807) is 0 Å². The van der Waals surface area contributed by atoms with Gasteiger partial charge in [-0.25, -0.2) is 0 Å². The van der Waals surface area contributed by atoms with E-state index < -0.39 is 0 Å². The molecule has 1 fully saturated rings. The fraction of sp³-hybridized carbons (Fsp3) is 0.167. The molecule has 3 rings (SSSR count). The molecule has 2 aromatic carbocycles. The number of benzene rings is 2. The van der Waals surface area contributed by atoms with Gasteiger partial charge < -0.3 is 5.32 Å². The molecule has 5 heteroatoms. The molecule has 116 valence electrons. The minimum atomic E-state index is -0.150. The van der Waals surface area contributed by atoms with E-state index in [-0.39, 0.29) is 11.2 Å². The maximum Gasteiger partial charge on any atom is 0.239 e. The van der Waals surface area contributed by atoms with Gasteiger partial charge in [0.25, 0.3) is 0 Å². The van der Waals surface area contributed by atoms with E-state index in [1.165, 1.54) is 11.8 Å². The number of thioether (sulfide) groups is 1. The Bertz CT molecular complexity index is 741. The molecule has 1 saturated heterocycles. The molecule has 4 nitrogen and oxygen atoms in total. The number of amides is 1. The van der Waals surface area contributed by atoms with Crippen LogP contribution in [0.15, 0.2) is 70.9 Å². The SMILES string of the molecule is C/C(=N/N=C1\NC(=O)[C@H](Cc2ccccc2)S1)c1ccccc1. The highest BCUT2D eigenvalue weighted by Gasteiger charge is 2.30. The van der Waals surface area contributed by atoms with Crippen LogP contribution >= 0.6 is 11.8 Å². The molecule has 0 bridgehead atoms. The molecule has 0 radical (unpaired) electrons. The van der Waals surface area contributed by atoms with E-state index >= 15 is 0 Å². The third-order valence-electron chi connectivity index (χ3n) is 3.52. The van der Waals surface area contributed by atoms with Gasteiger partial charge in [-0.3, -0.25) is 4.79 Å². The van der Waals surface area contributed by atoms with Gasteiger partial charge in [0, 0.05) is 0 Å². The van der Waals surface area contributed by atoms with Crippen molar-refractivity contribution in [1.29, 1.82) is 0 Å². The normalized spacial score (nSPS) is 19.9. The van der Waals surface area contributed by atoms with Crippen LogP contribution in [0.4, 0.5) is 0 Å². The highest BCUT2D eigenvalue weighted by atomic mass is 32.2. The van der Waals surface area contributed by atoms with Crippen molar-refractivity contribution in [1.82, 2.24) is 5.32 Å². The van der Waals surface area contributed by atoms with Gasteiger partial charge in [-0.1, -0.05) is 72.4 Å². The van der Waals surface area contributed by atoms with Gasteiger partial charge in [-0.15, -0.1) is 5.10 Å². The Morgan fingerprint density at radius 2 is 1.74 bits per heavy atom. The summed E-state index contributed by atoms with van der Waals surface area (Å²) in [7, 11) is 0. The highest BCUT2D eigenvalue weighted by Crippen LogP contribution is 2.23. The first-order chi connectivity index (χ1) is 11.2. The Morgan fingerprint density at radius 1 is 1.09 bits per heavy atom. The van der Waals surface area contributed by atoms with Gasteiger partial charge in [-0.05, 0) is 24.5 Å². The smallest absolute Gasteiger partial charge is 0.239 e. The zero-order chi connectivity index (χ0) is 16.1. The third kappa shape index (κ3) is 4.07. The first kappa shape index (κ1) is 15.5. The third-order valence-corrected chi connectivity index (χ3v) is 4.59. The summed E-state index contributed by atoms with van der Waals surface area (Å²) < 4.78 is 0. The predicted molar refractivity (Wildman–Crippen MR) is 95.8 cm³/mol. The van der Waals surface area contributed by atoms with Crippen LogP contribution in [0.25, 0.3) is 0 Å². The monoisotopic (exact) mass is 323 g/mol. The lowest BCUT2D eigenvalue weighted by Crippen LogP contribution is -2.25. The number of hydrogen-bond acceptors (Lipinski definition) is 4. The Hall–Kier alpha value is -2.40. The van der Waals surface area contributed by atoms with E-state index in [0.29, 0.717) is 11.6 Å². The lowest BCUT2D eigenvalue weighted by atomic mass is 10.1. The average molecular weight is 323 g/mol. The second-order valence-corrected chi connectivity index (χ2v) is 6.43. The summed E-state index contributed by atoms with van der Waals surface area (Å²) in [5, 5.41) is 11.6. The van der Waals surface area contributed by atoms with Crippen LogP contribution < -0.4 is 5.32 Å². The first-order valence-corrected chi connectivity index (χ1v) is 8.29. The molecular formula is C18H17N3OS. The van der Waals surface area contributed by atoms with Gasteiger partial charge in [0.2, 0.25) is 5.91 Å². The fourth-order valence-corrected chi connectivity index (χ4v) is 3.23. The van der Waals surface area contributed by atoms with Crippen LogP contribution in [0.3, 0.4) is 0 Å². The van der Waals surface area contributed by atoms with Crippen molar-refractivity contribution in [2.45, 2.75) is 18.6 Å². The quantitative estimate of drug-likeness (QED) is 0.694. The van der Waals surface area contributed by atoms with Crippen molar-refractivity contribution in [3.63, 3.8) is 0 Å². The van der Waals surface area contributed by atoms with Crippen LogP contribution in [-0.4, -0.2) is 22.0 Å². The van der Waals surface area contributed by atoms with Gasteiger partial charge >= 0.3 is 0 Å². The summed E-state index contributed by atoms with van der Waals surface area (Å²) in [5.74, 6) is -0.00910. The van der Waals surface area contributed by atoms with Gasteiger partial charge in [0.15, 0.2) is 5.17 Å². The predicted octanol–water partition coefficient (Wildman–Crippen LogP) is 3.24. The van der Waals surface area contributed by atoms with Gasteiger partial charge in [0.1, 0.15) is 0 Å². The maximum absolute atomic E-state index is 12.0. The zero-order valence-corrected chi connectivity index (χ0v) is 13.6. The number of carbonyl (C=O) groups excluding carboxylic acids is 1. The minimum Gasteiger partial charge on any atom is -0.303 e. The lowest BCUT2D eigenvalue weighted by Gasteiger charge is -2.04. The molecule has 23 heavy (non-hydrogen) atoms. The molecule has 0 unspecified atom stereocenters. The van der Waals surface area contributed by atoms with Crippen molar-refractivity contribution in [3.05, 3.63) is 71.8 Å². The molecule has 1 atom stereocenters. The second kappa shape index (κ2) is 7.24. The Labute approximate surface area is 139 Å². The van der Waals surface area contributed by atoms with Gasteiger partial charge in [0.05, 0.1) is 11.0 Å². The fourth-order valence-electron chi connectivity index (χ4n) is 2.27. The van der Waals surface area contributed by atoms with Crippen LogP contribution in [0, 0.1) is 0 Å². The molecule has 1 amide bonds. The van der Waals surface area contributed by atoms with Crippen molar-refractivity contribution in [2.75, 3.05) is 0 Å². The van der Waals surface area contributed by atoms with Gasteiger partial charge in [-0.2, -0.15) is 5.10 Å². The standard InChI is InChI=1S/C18H17N3OS/c1-13(15-10-6-3-7-11-15)20-21-18-19-17(22)16(23-18)12-14-8-4-2-5-9-14/h2-11,16H,12H2,1H3,(H,19,21,22)/b20-13-/t16-/m0/s1. The Balaban J connectivity index is 1.67. The summed E-state index contributed by atoms with van der Waals surface area (Å²) in [4.78, 5) is 12.0. The zero-order valence-electron chi connectivity index (χ0n) is 12.8. The summed E-state index contributed by atoms with van der Waals surface area (Å²) in [5.41, 5.74) is 2.98. The Kier molecular flexibility index (Phi) is 4.88. The molecule has 1 N–H and O–H groups in total. The topological polar surface area (TPSA) is 53.8 Å². The lowest BCUT2D eigenvalue weighted by molar-refractivity contribution is -0.118. The molecule has 0 saturated carbocycles. The summed E-state index contributed by atoms with van der Waals surface area (Å²) >= 11 is 1.43.